The van der Waals surface area contributed by atoms with E-state index in [2.05, 4.69) is 16.1 Å². The third-order valence-electron chi connectivity index (χ3n) is 1.80. The van der Waals surface area contributed by atoms with Gasteiger partial charge in [-0.15, -0.1) is 0 Å². The van der Waals surface area contributed by atoms with E-state index in [0.717, 1.165) is 3.93 Å². The Labute approximate surface area is 87.6 Å². The number of hydrogen-bond acceptors (Lipinski definition) is 2. The fourth-order valence-corrected chi connectivity index (χ4v) is 1.92. The molecule has 1 heterocycles. The Bertz CT molecular complexity index is 419. The molecule has 1 aliphatic rings. The number of fused-ring (bicyclic) bond motifs is 1. The Kier molecular flexibility index (Phi) is 1.89. The summed E-state index contributed by atoms with van der Waals surface area (Å²) >= 11 is 8.76. The Morgan fingerprint density at radius 1 is 1.31 bits per heavy atom. The lowest BCUT2D eigenvalue weighted by molar-refractivity contribution is -0.113. The van der Waals surface area contributed by atoms with Gasteiger partial charge in [-0.25, -0.2) is 3.93 Å². The number of amides is 1. The van der Waals surface area contributed by atoms with Crippen molar-refractivity contribution >= 4 is 45.1 Å². The van der Waals surface area contributed by atoms with Gasteiger partial charge in [0.15, 0.2) is 0 Å². The number of carbonyl (C=O) groups is 2. The van der Waals surface area contributed by atoms with Crippen molar-refractivity contribution in [1.29, 1.82) is 0 Å². The topological polar surface area (TPSA) is 37.4 Å². The van der Waals surface area contributed by atoms with Crippen molar-refractivity contribution in [3.63, 3.8) is 0 Å². The van der Waals surface area contributed by atoms with Crippen molar-refractivity contribution in [3.8, 4) is 0 Å². The number of halogens is 2. The molecule has 3 nitrogen and oxygen atoms in total. The molecule has 0 N–H and O–H groups in total. The molecule has 66 valence electrons. The summed E-state index contributed by atoms with van der Waals surface area (Å²) in [5.74, 6) is -1.18. The minimum Gasteiger partial charge on any atom is -0.283 e. The van der Waals surface area contributed by atoms with Crippen LogP contribution in [-0.4, -0.2) is 11.7 Å². The molecule has 0 unspecified atom stereocenters. The highest BCUT2D eigenvalue weighted by atomic mass is 79.9. The fourth-order valence-electron chi connectivity index (χ4n) is 1.21. The molecule has 1 amide bonds. The average molecular weight is 260 g/mol. The zero-order chi connectivity index (χ0) is 9.59. The van der Waals surface area contributed by atoms with Crippen LogP contribution in [0, 0.1) is 0 Å². The SMILES string of the molecule is O=C1C(=O)N(Br)c2cccc(Cl)c21. The van der Waals surface area contributed by atoms with Crippen molar-refractivity contribution in [1.82, 2.24) is 0 Å². The molecule has 0 bridgehead atoms. The number of carbonyl (C=O) groups excluding carboxylic acids is 2. The van der Waals surface area contributed by atoms with Gasteiger partial charge in [-0.1, -0.05) is 17.7 Å². The first-order valence-corrected chi connectivity index (χ1v) is 4.54. The van der Waals surface area contributed by atoms with Crippen LogP contribution in [0.5, 0.6) is 0 Å². The number of nitrogens with zero attached hydrogens (tertiary/aromatic N) is 1. The van der Waals surface area contributed by atoms with Gasteiger partial charge in [0.2, 0.25) is 0 Å². The highest BCUT2D eigenvalue weighted by Gasteiger charge is 2.36. The lowest BCUT2D eigenvalue weighted by Gasteiger charge is -2.04. The average Bonchev–Trinajstić information content (AvgIpc) is 2.33. The Morgan fingerprint density at radius 3 is 2.62 bits per heavy atom. The molecule has 0 saturated carbocycles. The van der Waals surface area contributed by atoms with E-state index in [0.29, 0.717) is 10.7 Å². The number of hydrogen-bond donors (Lipinski definition) is 0. The van der Waals surface area contributed by atoms with Crippen LogP contribution in [0.4, 0.5) is 5.69 Å². The van der Waals surface area contributed by atoms with E-state index < -0.39 is 11.7 Å². The van der Waals surface area contributed by atoms with Gasteiger partial charge in [0.05, 0.1) is 32.4 Å². The molecule has 0 aromatic heterocycles. The summed E-state index contributed by atoms with van der Waals surface area (Å²) in [6.45, 7) is 0. The molecule has 1 aliphatic heterocycles. The molecule has 0 aliphatic carbocycles. The molecule has 0 spiro atoms. The summed E-state index contributed by atoms with van der Waals surface area (Å²) in [6.07, 6.45) is 0. The maximum absolute atomic E-state index is 11.3. The number of anilines is 1. The molecule has 13 heavy (non-hydrogen) atoms. The molecular formula is C8H3BrClNO2. The molecule has 5 heteroatoms. The number of benzene rings is 1. The second kappa shape index (κ2) is 2.82. The second-order valence-corrected chi connectivity index (χ2v) is 3.67. The first kappa shape index (κ1) is 8.72. The van der Waals surface area contributed by atoms with Crippen molar-refractivity contribution in [2.45, 2.75) is 0 Å². The van der Waals surface area contributed by atoms with Crippen LogP contribution in [0.25, 0.3) is 0 Å². The number of Topliss-reactive ketones (excluding diaryl/α,β-unsaturated/α-hetero) is 1. The van der Waals surface area contributed by atoms with Gasteiger partial charge in [0.1, 0.15) is 0 Å². The third kappa shape index (κ3) is 1.09. The lowest BCUT2D eigenvalue weighted by atomic mass is 10.1. The first-order chi connectivity index (χ1) is 6.13. The standard InChI is InChI=1S/C8H3BrClNO2/c9-11-5-3-1-2-4(10)6(5)7(12)8(11)13/h1-3H. The largest absolute Gasteiger partial charge is 0.309 e. The summed E-state index contributed by atoms with van der Waals surface area (Å²) in [5, 5.41) is 0.304. The van der Waals surface area contributed by atoms with Gasteiger partial charge in [0.25, 0.3) is 5.78 Å². The monoisotopic (exact) mass is 259 g/mol. The van der Waals surface area contributed by atoms with Crippen LogP contribution in [0.1, 0.15) is 10.4 Å². The van der Waals surface area contributed by atoms with Crippen LogP contribution >= 0.6 is 27.7 Å². The van der Waals surface area contributed by atoms with E-state index in [1.54, 1.807) is 18.2 Å². The third-order valence-corrected chi connectivity index (χ3v) is 2.82. The van der Waals surface area contributed by atoms with Crippen molar-refractivity contribution in [2.75, 3.05) is 3.93 Å². The van der Waals surface area contributed by atoms with E-state index in [9.17, 15) is 9.59 Å². The second-order valence-electron chi connectivity index (χ2n) is 2.55. The molecule has 0 radical (unpaired) electrons. The summed E-state index contributed by atoms with van der Waals surface area (Å²) in [7, 11) is 0. The van der Waals surface area contributed by atoms with Gasteiger partial charge < -0.3 is 0 Å². The van der Waals surface area contributed by atoms with Crippen molar-refractivity contribution in [2.24, 2.45) is 0 Å². The molecule has 0 atom stereocenters. The van der Waals surface area contributed by atoms with Crippen LogP contribution in [0.15, 0.2) is 18.2 Å². The fraction of sp³-hybridized carbons (Fsp3) is 0. The zero-order valence-corrected chi connectivity index (χ0v) is 8.59. The van der Waals surface area contributed by atoms with Crippen LogP contribution in [-0.2, 0) is 4.79 Å². The predicted molar refractivity (Wildman–Crippen MR) is 52.2 cm³/mol. The molecule has 0 fully saturated rings. The minimum atomic E-state index is -0.608. The van der Waals surface area contributed by atoms with E-state index in [1.165, 1.54) is 0 Å². The van der Waals surface area contributed by atoms with Crippen LogP contribution in [0.2, 0.25) is 5.02 Å². The summed E-state index contributed by atoms with van der Waals surface area (Å²) in [5.41, 5.74) is 0.772. The lowest BCUT2D eigenvalue weighted by Crippen LogP contribution is -2.19. The normalized spacial score (nSPS) is 15.1. The van der Waals surface area contributed by atoms with Gasteiger partial charge in [-0.05, 0) is 12.1 Å². The Morgan fingerprint density at radius 2 is 2.00 bits per heavy atom. The number of ketones is 1. The van der Waals surface area contributed by atoms with Gasteiger partial charge >= 0.3 is 5.91 Å². The molecule has 1 aromatic rings. The number of rotatable bonds is 0. The predicted octanol–water partition coefficient (Wildman–Crippen LogP) is 2.18. The Hall–Kier alpha value is -0.870. The van der Waals surface area contributed by atoms with Gasteiger partial charge in [0, 0.05) is 0 Å². The van der Waals surface area contributed by atoms with Crippen LogP contribution < -0.4 is 3.93 Å². The van der Waals surface area contributed by atoms with E-state index in [4.69, 9.17) is 11.6 Å². The Balaban J connectivity index is 2.73. The summed E-state index contributed by atoms with van der Waals surface area (Å²) in [4.78, 5) is 22.5. The molecular weight excluding hydrogens is 257 g/mol. The maximum atomic E-state index is 11.3. The van der Waals surface area contributed by atoms with Gasteiger partial charge in [-0.2, -0.15) is 0 Å². The molecule has 1 aromatic carbocycles. The highest BCUT2D eigenvalue weighted by Crippen LogP contribution is 2.35. The van der Waals surface area contributed by atoms with Crippen molar-refractivity contribution in [3.05, 3.63) is 28.8 Å². The van der Waals surface area contributed by atoms with E-state index in [1.807, 2.05) is 0 Å². The van der Waals surface area contributed by atoms with E-state index in [-0.39, 0.29) is 5.56 Å². The zero-order valence-electron chi connectivity index (χ0n) is 6.25. The van der Waals surface area contributed by atoms with Crippen molar-refractivity contribution < 1.29 is 9.59 Å². The van der Waals surface area contributed by atoms with Crippen LogP contribution in [0.3, 0.4) is 0 Å². The summed E-state index contributed by atoms with van der Waals surface area (Å²) in [6, 6.07) is 4.91. The quantitative estimate of drug-likeness (QED) is 0.530. The molecule has 2 rings (SSSR count). The first-order valence-electron chi connectivity index (χ1n) is 3.46. The minimum absolute atomic E-state index is 0.269. The van der Waals surface area contributed by atoms with E-state index >= 15 is 0 Å². The smallest absolute Gasteiger partial charge is 0.283 e. The highest BCUT2D eigenvalue weighted by molar-refractivity contribution is 9.10. The van der Waals surface area contributed by atoms with Gasteiger partial charge in [-0.3, -0.25) is 9.59 Å². The summed E-state index contributed by atoms with van der Waals surface area (Å²) < 4.78 is 1.12. The molecule has 0 saturated heterocycles. The maximum Gasteiger partial charge on any atom is 0.309 e.